The molecule has 0 fully saturated rings. The van der Waals surface area contributed by atoms with Crippen LogP contribution in [-0.2, 0) is 19.4 Å². The number of hydrogen-bond donors (Lipinski definition) is 1. The molecule has 0 radical (unpaired) electrons. The van der Waals surface area contributed by atoms with E-state index in [1.54, 1.807) is 23.1 Å². The maximum atomic E-state index is 12.2. The number of hydrogen-bond acceptors (Lipinski definition) is 6. The normalized spacial score (nSPS) is 15.1. The predicted octanol–water partition coefficient (Wildman–Crippen LogP) is 1.70. The van der Waals surface area contributed by atoms with Gasteiger partial charge in [0.15, 0.2) is 0 Å². The van der Waals surface area contributed by atoms with Crippen molar-refractivity contribution in [1.29, 1.82) is 0 Å². The third kappa shape index (κ3) is 3.15. The van der Waals surface area contributed by atoms with Crippen LogP contribution in [0.4, 0.5) is 0 Å². The lowest BCUT2D eigenvalue weighted by Gasteiger charge is -2.19. The van der Waals surface area contributed by atoms with Gasteiger partial charge in [0.1, 0.15) is 36.7 Å². The molecular weight excluding hydrogens is 322 g/mol. The Kier molecular flexibility index (Phi) is 4.23. The van der Waals surface area contributed by atoms with Crippen molar-refractivity contribution in [3.05, 3.63) is 52.4 Å². The number of benzene rings is 1. The van der Waals surface area contributed by atoms with Crippen LogP contribution in [0.25, 0.3) is 11.0 Å². The molecule has 1 aliphatic rings. The Morgan fingerprint density at radius 2 is 2.12 bits per heavy atom. The number of aliphatic hydroxyl groups excluding tert-OH is 1. The standard InChI is InChI=1S/C18H19N3O4/c22-12(8-21-11-19-10-20-21)9-24-15-6-3-7-16-17(15)13-4-1-2-5-14(13)18(23)25-16/h3,6-7,10-12,22H,1-2,4-5,8-9H2. The van der Waals surface area contributed by atoms with Gasteiger partial charge in [-0.1, -0.05) is 6.07 Å². The Bertz CT molecular complexity index is 933. The van der Waals surface area contributed by atoms with Gasteiger partial charge >= 0.3 is 5.63 Å². The van der Waals surface area contributed by atoms with Crippen molar-refractivity contribution in [3.8, 4) is 5.75 Å². The highest BCUT2D eigenvalue weighted by Gasteiger charge is 2.21. The largest absolute Gasteiger partial charge is 0.490 e. The quantitative estimate of drug-likeness (QED) is 0.711. The van der Waals surface area contributed by atoms with Gasteiger partial charge in [-0.15, -0.1) is 0 Å². The molecule has 1 aromatic carbocycles. The van der Waals surface area contributed by atoms with Crippen molar-refractivity contribution >= 4 is 11.0 Å². The minimum Gasteiger partial charge on any atom is -0.490 e. The van der Waals surface area contributed by atoms with E-state index in [-0.39, 0.29) is 12.2 Å². The van der Waals surface area contributed by atoms with Crippen LogP contribution in [0, 0.1) is 0 Å². The zero-order valence-corrected chi connectivity index (χ0v) is 13.7. The van der Waals surface area contributed by atoms with Crippen LogP contribution in [0.3, 0.4) is 0 Å². The average Bonchev–Trinajstić information content (AvgIpc) is 3.13. The smallest absolute Gasteiger partial charge is 0.339 e. The average molecular weight is 341 g/mol. The van der Waals surface area contributed by atoms with Gasteiger partial charge in [0.2, 0.25) is 0 Å². The summed E-state index contributed by atoms with van der Waals surface area (Å²) in [6, 6.07) is 5.42. The fourth-order valence-corrected chi connectivity index (χ4v) is 3.36. The first kappa shape index (κ1) is 15.8. The molecule has 2 heterocycles. The van der Waals surface area contributed by atoms with Gasteiger partial charge in [0, 0.05) is 5.56 Å². The van der Waals surface area contributed by atoms with Crippen molar-refractivity contribution in [2.75, 3.05) is 6.61 Å². The number of aryl methyl sites for hydroxylation is 1. The molecule has 1 N–H and O–H groups in total. The molecule has 3 aromatic rings. The lowest BCUT2D eigenvalue weighted by atomic mass is 9.90. The molecule has 1 unspecified atom stereocenters. The molecule has 0 saturated heterocycles. The third-order valence-corrected chi connectivity index (χ3v) is 4.50. The van der Waals surface area contributed by atoms with E-state index in [1.807, 2.05) is 6.07 Å². The maximum Gasteiger partial charge on any atom is 0.339 e. The minimum absolute atomic E-state index is 0.118. The molecule has 130 valence electrons. The van der Waals surface area contributed by atoms with Gasteiger partial charge in [-0.2, -0.15) is 5.10 Å². The van der Waals surface area contributed by atoms with Gasteiger partial charge < -0.3 is 14.3 Å². The third-order valence-electron chi connectivity index (χ3n) is 4.50. The molecule has 2 aromatic heterocycles. The second-order valence-corrected chi connectivity index (χ2v) is 6.27. The van der Waals surface area contributed by atoms with Crippen LogP contribution in [0.15, 0.2) is 40.1 Å². The Labute approximate surface area is 143 Å². The van der Waals surface area contributed by atoms with Crippen molar-refractivity contribution in [2.24, 2.45) is 0 Å². The summed E-state index contributed by atoms with van der Waals surface area (Å²) in [5, 5.41) is 15.0. The minimum atomic E-state index is -0.719. The Hall–Kier alpha value is -2.67. The highest BCUT2D eigenvalue weighted by Crippen LogP contribution is 2.33. The van der Waals surface area contributed by atoms with Gasteiger partial charge in [-0.05, 0) is 43.4 Å². The molecule has 0 aliphatic heterocycles. The summed E-state index contributed by atoms with van der Waals surface area (Å²) in [6.07, 6.45) is 5.90. The Morgan fingerprint density at radius 1 is 1.28 bits per heavy atom. The molecule has 1 aliphatic carbocycles. The van der Waals surface area contributed by atoms with E-state index in [2.05, 4.69) is 10.1 Å². The predicted molar refractivity (Wildman–Crippen MR) is 90.6 cm³/mol. The summed E-state index contributed by atoms with van der Waals surface area (Å²) in [5.74, 6) is 0.636. The number of rotatable bonds is 5. The van der Waals surface area contributed by atoms with Crippen LogP contribution in [0.5, 0.6) is 5.75 Å². The topological polar surface area (TPSA) is 90.4 Å². The molecular formula is C18H19N3O4. The van der Waals surface area contributed by atoms with Crippen LogP contribution in [0.1, 0.15) is 24.0 Å². The maximum absolute atomic E-state index is 12.2. The van der Waals surface area contributed by atoms with Gasteiger partial charge in [-0.25, -0.2) is 9.78 Å². The first-order valence-electron chi connectivity index (χ1n) is 8.43. The van der Waals surface area contributed by atoms with Crippen LogP contribution in [0.2, 0.25) is 0 Å². The van der Waals surface area contributed by atoms with Crippen LogP contribution in [-0.4, -0.2) is 32.6 Å². The monoisotopic (exact) mass is 341 g/mol. The van der Waals surface area contributed by atoms with E-state index >= 15 is 0 Å². The van der Waals surface area contributed by atoms with E-state index in [4.69, 9.17) is 9.15 Å². The van der Waals surface area contributed by atoms with Gasteiger partial charge in [-0.3, -0.25) is 4.68 Å². The molecule has 25 heavy (non-hydrogen) atoms. The van der Waals surface area contributed by atoms with Gasteiger partial charge in [0.05, 0.1) is 11.9 Å². The second-order valence-electron chi connectivity index (χ2n) is 6.27. The van der Waals surface area contributed by atoms with Crippen LogP contribution >= 0.6 is 0 Å². The Balaban J connectivity index is 1.62. The van der Waals surface area contributed by atoms with E-state index in [1.165, 1.54) is 6.33 Å². The van der Waals surface area contributed by atoms with E-state index in [0.717, 1.165) is 42.2 Å². The molecule has 7 heteroatoms. The fourth-order valence-electron chi connectivity index (χ4n) is 3.36. The van der Waals surface area contributed by atoms with Crippen molar-refractivity contribution in [1.82, 2.24) is 14.8 Å². The number of nitrogens with zero attached hydrogens (tertiary/aromatic N) is 3. The van der Waals surface area contributed by atoms with Crippen molar-refractivity contribution in [2.45, 2.75) is 38.3 Å². The number of fused-ring (bicyclic) bond motifs is 3. The number of aromatic nitrogens is 3. The molecule has 0 spiro atoms. The van der Waals surface area contributed by atoms with Crippen molar-refractivity contribution < 1.29 is 14.3 Å². The summed E-state index contributed by atoms with van der Waals surface area (Å²) in [4.78, 5) is 16.0. The zero-order chi connectivity index (χ0) is 17.2. The Morgan fingerprint density at radius 3 is 2.92 bits per heavy atom. The summed E-state index contributed by atoms with van der Waals surface area (Å²) in [7, 11) is 0. The zero-order valence-electron chi connectivity index (χ0n) is 13.7. The summed E-state index contributed by atoms with van der Waals surface area (Å²) >= 11 is 0. The van der Waals surface area contributed by atoms with E-state index < -0.39 is 6.10 Å². The second kappa shape index (κ2) is 6.68. The summed E-state index contributed by atoms with van der Waals surface area (Å²) < 4.78 is 12.9. The van der Waals surface area contributed by atoms with Gasteiger partial charge in [0.25, 0.3) is 0 Å². The number of aliphatic hydroxyl groups is 1. The highest BCUT2D eigenvalue weighted by molar-refractivity contribution is 5.87. The van der Waals surface area contributed by atoms with Crippen LogP contribution < -0.4 is 10.4 Å². The molecule has 7 nitrogen and oxygen atoms in total. The number of ether oxygens (including phenoxy) is 1. The summed E-state index contributed by atoms with van der Waals surface area (Å²) in [6.45, 7) is 0.421. The highest BCUT2D eigenvalue weighted by atomic mass is 16.5. The first-order chi connectivity index (χ1) is 12.2. The fraction of sp³-hybridized carbons (Fsp3) is 0.389. The lowest BCUT2D eigenvalue weighted by molar-refractivity contribution is 0.0899. The molecule has 0 saturated carbocycles. The summed E-state index contributed by atoms with van der Waals surface area (Å²) in [5.41, 5.74) is 2.08. The van der Waals surface area contributed by atoms with E-state index in [0.29, 0.717) is 17.9 Å². The van der Waals surface area contributed by atoms with Crippen molar-refractivity contribution in [3.63, 3.8) is 0 Å². The molecule has 4 rings (SSSR count). The first-order valence-corrected chi connectivity index (χ1v) is 8.43. The lowest BCUT2D eigenvalue weighted by Crippen LogP contribution is -2.24. The molecule has 1 atom stereocenters. The van der Waals surface area contributed by atoms with E-state index in [9.17, 15) is 9.90 Å². The SMILES string of the molecule is O=c1oc2cccc(OCC(O)Cn3cncn3)c2c2c1CCCC2. The molecule has 0 amide bonds. The molecule has 0 bridgehead atoms.